The van der Waals surface area contributed by atoms with Gasteiger partial charge in [-0.3, -0.25) is 4.79 Å². The summed E-state index contributed by atoms with van der Waals surface area (Å²) < 4.78 is 39.9. The largest absolute Gasteiger partial charge is 0.439 e. The first-order valence-corrected chi connectivity index (χ1v) is 6.56. The summed E-state index contributed by atoms with van der Waals surface area (Å²) in [6, 6.07) is 0. The van der Waals surface area contributed by atoms with E-state index in [0.29, 0.717) is 36.4 Å². The van der Waals surface area contributed by atoms with Crippen LogP contribution in [0.15, 0.2) is 5.10 Å². The van der Waals surface area contributed by atoms with Crippen molar-refractivity contribution in [2.45, 2.75) is 50.4 Å². The molecule has 0 aromatic rings. The number of hydrazone groups is 1. The maximum atomic E-state index is 13.3. The summed E-state index contributed by atoms with van der Waals surface area (Å²) in [5, 5.41) is 14.3. The number of amides is 1. The molecular formula is C12H15F3N2O2. The highest BCUT2D eigenvalue weighted by Crippen LogP contribution is 2.49. The van der Waals surface area contributed by atoms with Gasteiger partial charge in [0.1, 0.15) is 0 Å². The molecule has 1 aliphatic heterocycles. The van der Waals surface area contributed by atoms with E-state index in [1.807, 2.05) is 0 Å². The average molecular weight is 276 g/mol. The Morgan fingerprint density at radius 3 is 2.58 bits per heavy atom. The summed E-state index contributed by atoms with van der Waals surface area (Å²) in [4.78, 5) is 12.0. The number of carbonyl (C=O) groups is 1. The van der Waals surface area contributed by atoms with Crippen LogP contribution in [0.25, 0.3) is 0 Å². The molecule has 2 saturated carbocycles. The fourth-order valence-corrected chi connectivity index (χ4v) is 2.94. The Morgan fingerprint density at radius 1 is 1.32 bits per heavy atom. The third-order valence-corrected chi connectivity index (χ3v) is 4.17. The number of halogens is 3. The van der Waals surface area contributed by atoms with E-state index in [1.54, 1.807) is 0 Å². The van der Waals surface area contributed by atoms with Gasteiger partial charge >= 0.3 is 6.18 Å². The zero-order valence-electron chi connectivity index (χ0n) is 10.3. The van der Waals surface area contributed by atoms with E-state index < -0.39 is 29.6 Å². The lowest BCUT2D eigenvalue weighted by molar-refractivity contribution is -0.317. The Balaban J connectivity index is 1.99. The van der Waals surface area contributed by atoms with Gasteiger partial charge in [-0.05, 0) is 32.1 Å². The van der Waals surface area contributed by atoms with Crippen molar-refractivity contribution in [1.29, 1.82) is 0 Å². The van der Waals surface area contributed by atoms with Crippen LogP contribution in [0, 0.1) is 11.8 Å². The van der Waals surface area contributed by atoms with E-state index in [-0.39, 0.29) is 6.42 Å². The van der Waals surface area contributed by atoms with E-state index in [2.05, 4.69) is 5.10 Å². The van der Waals surface area contributed by atoms with Crippen molar-refractivity contribution in [2.75, 3.05) is 0 Å². The number of carbonyl (C=O) groups excluding carboxylic acids is 1. The molecule has 19 heavy (non-hydrogen) atoms. The molecule has 0 aromatic carbocycles. The molecule has 1 N–H and O–H groups in total. The van der Waals surface area contributed by atoms with Gasteiger partial charge in [0.25, 0.3) is 5.72 Å². The zero-order chi connectivity index (χ0) is 13.8. The lowest BCUT2D eigenvalue weighted by Crippen LogP contribution is -2.61. The van der Waals surface area contributed by atoms with Crippen molar-refractivity contribution in [3.05, 3.63) is 0 Å². The minimum atomic E-state index is -4.88. The van der Waals surface area contributed by atoms with Crippen LogP contribution in [0.2, 0.25) is 0 Å². The van der Waals surface area contributed by atoms with Crippen LogP contribution in [-0.4, -0.2) is 33.6 Å². The van der Waals surface area contributed by atoms with Crippen LogP contribution >= 0.6 is 0 Å². The van der Waals surface area contributed by atoms with Crippen LogP contribution in [0.3, 0.4) is 0 Å². The highest BCUT2D eigenvalue weighted by molar-refractivity contribution is 5.94. The molecule has 4 nitrogen and oxygen atoms in total. The maximum absolute atomic E-state index is 13.3. The first-order chi connectivity index (χ1) is 8.85. The van der Waals surface area contributed by atoms with Crippen molar-refractivity contribution in [1.82, 2.24) is 5.01 Å². The number of rotatable bonds is 1. The van der Waals surface area contributed by atoms with Crippen LogP contribution < -0.4 is 0 Å². The topological polar surface area (TPSA) is 52.9 Å². The first-order valence-electron chi connectivity index (χ1n) is 6.56. The molecular weight excluding hydrogens is 261 g/mol. The molecule has 7 heteroatoms. The summed E-state index contributed by atoms with van der Waals surface area (Å²) in [5.74, 6) is -2.19. The van der Waals surface area contributed by atoms with Crippen molar-refractivity contribution < 1.29 is 23.1 Å². The van der Waals surface area contributed by atoms with Gasteiger partial charge in [0.05, 0.1) is 5.92 Å². The standard InChI is InChI=1S/C12H15F3N2O2/c13-12(14,15)11(19)8-3-1-2-4-9(8)16-17(11)10(18)7-5-6-7/h7-8,19H,1-6H2/t8-,11+/m0/s1. The van der Waals surface area contributed by atoms with Crippen LogP contribution in [0.1, 0.15) is 38.5 Å². The Hall–Kier alpha value is -1.11. The van der Waals surface area contributed by atoms with Gasteiger partial charge in [0.15, 0.2) is 0 Å². The maximum Gasteiger partial charge on any atom is 0.439 e. The number of alkyl halides is 3. The lowest BCUT2D eigenvalue weighted by atomic mass is 9.80. The second-order valence-electron chi connectivity index (χ2n) is 5.54. The fraction of sp³-hybridized carbons (Fsp3) is 0.833. The van der Waals surface area contributed by atoms with Crippen molar-refractivity contribution in [3.63, 3.8) is 0 Å². The Labute approximate surface area is 108 Å². The Morgan fingerprint density at radius 2 is 2.00 bits per heavy atom. The van der Waals surface area contributed by atoms with Crippen LogP contribution in [0.4, 0.5) is 13.2 Å². The van der Waals surface area contributed by atoms with Crippen molar-refractivity contribution >= 4 is 11.6 Å². The quantitative estimate of drug-likeness (QED) is 0.796. The number of hydrogen-bond acceptors (Lipinski definition) is 3. The highest BCUT2D eigenvalue weighted by atomic mass is 19.4. The van der Waals surface area contributed by atoms with Gasteiger partial charge < -0.3 is 5.11 Å². The first kappa shape index (κ1) is 12.9. The van der Waals surface area contributed by atoms with Gasteiger partial charge in [-0.25, -0.2) is 0 Å². The predicted molar refractivity (Wildman–Crippen MR) is 60.0 cm³/mol. The molecule has 1 amide bonds. The van der Waals surface area contributed by atoms with Crippen LogP contribution in [-0.2, 0) is 4.79 Å². The summed E-state index contributed by atoms with van der Waals surface area (Å²) >= 11 is 0. The summed E-state index contributed by atoms with van der Waals surface area (Å²) in [6.07, 6.45) is -1.69. The number of hydrogen-bond donors (Lipinski definition) is 1. The van der Waals surface area contributed by atoms with E-state index in [9.17, 15) is 23.1 Å². The fourth-order valence-electron chi connectivity index (χ4n) is 2.94. The Bertz CT molecular complexity index is 445. The van der Waals surface area contributed by atoms with E-state index in [0.717, 1.165) is 6.42 Å². The summed E-state index contributed by atoms with van der Waals surface area (Å²) in [6.45, 7) is 0. The summed E-state index contributed by atoms with van der Waals surface area (Å²) in [7, 11) is 0. The molecule has 2 fully saturated rings. The average Bonchev–Trinajstić information content (AvgIpc) is 3.13. The molecule has 3 rings (SSSR count). The van der Waals surface area contributed by atoms with Gasteiger partial charge in [-0.15, -0.1) is 0 Å². The molecule has 0 aromatic heterocycles. The van der Waals surface area contributed by atoms with E-state index >= 15 is 0 Å². The Kier molecular flexibility index (Phi) is 2.68. The normalized spacial score (nSPS) is 35.1. The smallest absolute Gasteiger partial charge is 0.362 e. The lowest BCUT2D eigenvalue weighted by Gasteiger charge is -2.38. The van der Waals surface area contributed by atoms with Crippen molar-refractivity contribution in [3.8, 4) is 0 Å². The van der Waals surface area contributed by atoms with Gasteiger partial charge in [-0.1, -0.05) is 6.42 Å². The third-order valence-electron chi connectivity index (χ3n) is 4.17. The molecule has 106 valence electrons. The van der Waals surface area contributed by atoms with Crippen molar-refractivity contribution in [2.24, 2.45) is 16.9 Å². The number of nitrogens with zero attached hydrogens (tertiary/aromatic N) is 2. The second-order valence-corrected chi connectivity index (χ2v) is 5.54. The molecule has 0 spiro atoms. The molecule has 1 heterocycles. The highest BCUT2D eigenvalue weighted by Gasteiger charge is 2.69. The SMILES string of the molecule is O=C(C1CC1)N1N=C2CCCC[C@@H]2[C@@]1(O)C(F)(F)F. The summed E-state index contributed by atoms with van der Waals surface area (Å²) in [5.41, 5.74) is -2.82. The van der Waals surface area contributed by atoms with Gasteiger partial charge in [0.2, 0.25) is 5.91 Å². The molecule has 3 aliphatic rings. The second kappa shape index (κ2) is 3.94. The zero-order valence-corrected chi connectivity index (χ0v) is 10.3. The predicted octanol–water partition coefficient (Wildman–Crippen LogP) is 2.04. The molecule has 2 aliphatic carbocycles. The van der Waals surface area contributed by atoms with E-state index in [1.165, 1.54) is 0 Å². The molecule has 0 unspecified atom stereocenters. The number of fused-ring (bicyclic) bond motifs is 1. The van der Waals surface area contributed by atoms with Gasteiger partial charge in [-0.2, -0.15) is 23.3 Å². The number of aliphatic hydroxyl groups is 1. The third kappa shape index (κ3) is 1.78. The molecule has 0 radical (unpaired) electrons. The minimum absolute atomic E-state index is 0.225. The molecule has 2 atom stereocenters. The molecule has 0 saturated heterocycles. The van der Waals surface area contributed by atoms with E-state index in [4.69, 9.17) is 0 Å². The monoisotopic (exact) mass is 276 g/mol. The molecule has 0 bridgehead atoms. The van der Waals surface area contributed by atoms with Crippen LogP contribution in [0.5, 0.6) is 0 Å². The minimum Gasteiger partial charge on any atom is -0.362 e. The van der Waals surface area contributed by atoms with Gasteiger partial charge in [0, 0.05) is 11.6 Å².